The van der Waals surface area contributed by atoms with Crippen LogP contribution in [0.3, 0.4) is 0 Å². The van der Waals surface area contributed by atoms with E-state index in [1.807, 2.05) is 0 Å². The first-order chi connectivity index (χ1) is 4.30. The molecule has 3 heteroatoms. The molecule has 0 saturated heterocycles. The van der Waals surface area contributed by atoms with Crippen LogP contribution in [0.25, 0.3) is 0 Å². The summed E-state index contributed by atoms with van der Waals surface area (Å²) in [6.45, 7) is 0. The van der Waals surface area contributed by atoms with Crippen LogP contribution in [-0.4, -0.2) is 4.92 Å². The van der Waals surface area contributed by atoms with Crippen molar-refractivity contribution in [2.75, 3.05) is 0 Å². The predicted molar refractivity (Wildman–Crippen MR) is 31.9 cm³/mol. The molecule has 45 valence electrons. The number of non-ortho nitro benzene ring substituents is 1. The second kappa shape index (κ2) is 2.26. The molecule has 0 aliphatic rings. The second-order valence-corrected chi connectivity index (χ2v) is 1.52. The van der Waals surface area contributed by atoms with E-state index in [2.05, 4.69) is 6.07 Å². The fourth-order valence-electron chi connectivity index (χ4n) is 0.497. The maximum atomic E-state index is 9.99. The first kappa shape index (κ1) is 5.75. The Hall–Kier alpha value is -1.38. The second-order valence-electron chi connectivity index (χ2n) is 1.52. The minimum Gasteiger partial charge on any atom is -0.258 e. The molecular weight excluding hydrogens is 118 g/mol. The summed E-state index contributed by atoms with van der Waals surface area (Å²) in [6, 6.07) is 8.56. The van der Waals surface area contributed by atoms with Crippen molar-refractivity contribution in [1.29, 1.82) is 0 Å². The Labute approximate surface area is 52.1 Å². The average Bonchev–Trinajstić information content (AvgIpc) is 1.90. The lowest BCUT2D eigenvalue weighted by atomic mass is 10.3. The molecule has 0 aliphatic carbocycles. The van der Waals surface area contributed by atoms with Gasteiger partial charge in [-0.15, -0.1) is 0 Å². The van der Waals surface area contributed by atoms with Crippen LogP contribution in [0.1, 0.15) is 0 Å². The Morgan fingerprint density at radius 2 is 2.44 bits per heavy atom. The SMILES string of the molecule is O=[N+]([O-])c1c[c]ccc1. The van der Waals surface area contributed by atoms with Crippen molar-refractivity contribution in [2.45, 2.75) is 0 Å². The first-order valence-corrected chi connectivity index (χ1v) is 2.41. The molecule has 0 spiro atoms. The molecule has 0 saturated carbocycles. The van der Waals surface area contributed by atoms with Crippen LogP contribution in [0.15, 0.2) is 24.3 Å². The standard InChI is InChI=1S/C6H4NO2/c8-7(9)6-4-2-1-3-5-6/h1-2,4-5H. The molecule has 0 heterocycles. The maximum absolute atomic E-state index is 9.99. The van der Waals surface area contributed by atoms with Gasteiger partial charge in [-0.25, -0.2) is 0 Å². The summed E-state index contributed by atoms with van der Waals surface area (Å²) in [7, 11) is 0. The molecule has 0 N–H and O–H groups in total. The van der Waals surface area contributed by atoms with Crippen molar-refractivity contribution < 1.29 is 4.92 Å². The fraction of sp³-hybridized carbons (Fsp3) is 0. The Balaban J connectivity index is 2.98. The number of hydrogen-bond acceptors (Lipinski definition) is 2. The van der Waals surface area contributed by atoms with Crippen molar-refractivity contribution >= 4 is 5.69 Å². The molecule has 0 aliphatic heterocycles. The summed E-state index contributed by atoms with van der Waals surface area (Å²) >= 11 is 0. The predicted octanol–water partition coefficient (Wildman–Crippen LogP) is 1.39. The van der Waals surface area contributed by atoms with Crippen molar-refractivity contribution in [3.8, 4) is 0 Å². The van der Waals surface area contributed by atoms with E-state index in [-0.39, 0.29) is 5.69 Å². The third-order valence-electron chi connectivity index (χ3n) is 0.901. The number of nitro groups is 1. The highest BCUT2D eigenvalue weighted by Gasteiger charge is 1.98. The summed E-state index contributed by atoms with van der Waals surface area (Å²) in [6.07, 6.45) is 0. The van der Waals surface area contributed by atoms with Gasteiger partial charge in [-0.3, -0.25) is 10.1 Å². The summed E-state index contributed by atoms with van der Waals surface area (Å²) in [5.74, 6) is 0. The van der Waals surface area contributed by atoms with Crippen molar-refractivity contribution in [1.82, 2.24) is 0 Å². The van der Waals surface area contributed by atoms with E-state index in [1.54, 1.807) is 12.1 Å². The Bertz CT molecular complexity index is 208. The van der Waals surface area contributed by atoms with E-state index < -0.39 is 4.92 Å². The van der Waals surface area contributed by atoms with E-state index in [0.717, 1.165) is 0 Å². The fourth-order valence-corrected chi connectivity index (χ4v) is 0.497. The molecular formula is C6H4NO2. The van der Waals surface area contributed by atoms with Gasteiger partial charge in [0.15, 0.2) is 0 Å². The quantitative estimate of drug-likeness (QED) is 0.417. The van der Waals surface area contributed by atoms with Crippen LogP contribution >= 0.6 is 0 Å². The molecule has 0 unspecified atom stereocenters. The van der Waals surface area contributed by atoms with E-state index in [9.17, 15) is 10.1 Å². The highest BCUT2D eigenvalue weighted by molar-refractivity contribution is 5.27. The third-order valence-corrected chi connectivity index (χ3v) is 0.901. The Kier molecular flexibility index (Phi) is 1.44. The van der Waals surface area contributed by atoms with Gasteiger partial charge in [0, 0.05) is 12.1 Å². The van der Waals surface area contributed by atoms with Gasteiger partial charge in [0.2, 0.25) is 0 Å². The first-order valence-electron chi connectivity index (χ1n) is 2.41. The van der Waals surface area contributed by atoms with Crippen LogP contribution in [0.2, 0.25) is 0 Å². The lowest BCUT2D eigenvalue weighted by Crippen LogP contribution is -1.84. The number of nitro benzene ring substituents is 1. The van der Waals surface area contributed by atoms with E-state index in [1.165, 1.54) is 12.1 Å². The largest absolute Gasteiger partial charge is 0.270 e. The molecule has 0 bridgehead atoms. The van der Waals surface area contributed by atoms with Crippen LogP contribution in [0.5, 0.6) is 0 Å². The molecule has 3 nitrogen and oxygen atoms in total. The van der Waals surface area contributed by atoms with Gasteiger partial charge in [-0.2, -0.15) is 0 Å². The zero-order valence-corrected chi connectivity index (χ0v) is 4.57. The van der Waals surface area contributed by atoms with Gasteiger partial charge in [0.05, 0.1) is 4.92 Å². The van der Waals surface area contributed by atoms with Gasteiger partial charge < -0.3 is 0 Å². The van der Waals surface area contributed by atoms with Gasteiger partial charge in [0.25, 0.3) is 5.69 Å². The number of benzene rings is 1. The van der Waals surface area contributed by atoms with Crippen molar-refractivity contribution in [3.05, 3.63) is 40.4 Å². The topological polar surface area (TPSA) is 43.1 Å². The van der Waals surface area contributed by atoms with Crippen LogP contribution in [0, 0.1) is 16.2 Å². The Morgan fingerprint density at radius 1 is 1.67 bits per heavy atom. The van der Waals surface area contributed by atoms with Gasteiger partial charge in [-0.1, -0.05) is 12.1 Å². The van der Waals surface area contributed by atoms with Gasteiger partial charge >= 0.3 is 0 Å². The normalized spacial score (nSPS) is 8.89. The number of nitrogens with zero attached hydrogens (tertiary/aromatic N) is 1. The molecule has 1 rings (SSSR count). The van der Waals surface area contributed by atoms with E-state index in [4.69, 9.17) is 0 Å². The Morgan fingerprint density at radius 3 is 2.78 bits per heavy atom. The maximum Gasteiger partial charge on any atom is 0.270 e. The summed E-state index contributed by atoms with van der Waals surface area (Å²) < 4.78 is 0. The minimum absolute atomic E-state index is 0.0810. The zero-order valence-electron chi connectivity index (χ0n) is 4.57. The smallest absolute Gasteiger partial charge is 0.258 e. The zero-order chi connectivity index (χ0) is 6.69. The van der Waals surface area contributed by atoms with Crippen molar-refractivity contribution in [3.63, 3.8) is 0 Å². The highest BCUT2D eigenvalue weighted by Crippen LogP contribution is 2.06. The molecule has 1 aromatic rings. The summed E-state index contributed by atoms with van der Waals surface area (Å²) in [4.78, 5) is 9.54. The molecule has 0 aromatic heterocycles. The van der Waals surface area contributed by atoms with Gasteiger partial charge in [-0.05, 0) is 6.07 Å². The highest BCUT2D eigenvalue weighted by atomic mass is 16.6. The van der Waals surface area contributed by atoms with Crippen LogP contribution < -0.4 is 0 Å². The molecule has 9 heavy (non-hydrogen) atoms. The lowest BCUT2D eigenvalue weighted by Gasteiger charge is -1.84. The monoisotopic (exact) mass is 122 g/mol. The van der Waals surface area contributed by atoms with Crippen LogP contribution in [-0.2, 0) is 0 Å². The van der Waals surface area contributed by atoms with E-state index >= 15 is 0 Å². The van der Waals surface area contributed by atoms with Crippen molar-refractivity contribution in [2.24, 2.45) is 0 Å². The molecule has 1 aromatic carbocycles. The number of rotatable bonds is 1. The van der Waals surface area contributed by atoms with E-state index in [0.29, 0.717) is 0 Å². The molecule has 0 atom stereocenters. The minimum atomic E-state index is -0.448. The van der Waals surface area contributed by atoms with Crippen LogP contribution in [0.4, 0.5) is 5.69 Å². The number of hydrogen-bond donors (Lipinski definition) is 0. The summed E-state index contributed by atoms with van der Waals surface area (Å²) in [5.41, 5.74) is 0.0810. The average molecular weight is 122 g/mol. The molecule has 0 amide bonds. The third kappa shape index (κ3) is 1.25. The van der Waals surface area contributed by atoms with Gasteiger partial charge in [0.1, 0.15) is 0 Å². The summed E-state index contributed by atoms with van der Waals surface area (Å²) in [5, 5.41) is 9.99. The molecule has 1 radical (unpaired) electrons. The molecule has 0 fully saturated rings. The lowest BCUT2D eigenvalue weighted by molar-refractivity contribution is -0.384.